The number of amides is 1. The van der Waals surface area contributed by atoms with Crippen molar-refractivity contribution >= 4 is 43.9 Å². The minimum atomic E-state index is -3.98. The summed E-state index contributed by atoms with van der Waals surface area (Å²) in [7, 11) is -3.98. The molecule has 178 valence electrons. The molecule has 10 nitrogen and oxygen atoms in total. The van der Waals surface area contributed by atoms with Crippen LogP contribution in [0, 0.1) is 10.1 Å². The summed E-state index contributed by atoms with van der Waals surface area (Å²) < 4.78 is 30.2. The molecule has 1 amide bonds. The molecule has 0 aliphatic carbocycles. The van der Waals surface area contributed by atoms with Crippen LogP contribution in [0.15, 0.2) is 63.8 Å². The minimum Gasteiger partial charge on any atom is -0.452 e. The van der Waals surface area contributed by atoms with E-state index in [-0.39, 0.29) is 25.3 Å². The molecular formula is C22H21N3O7S2. The Morgan fingerprint density at radius 3 is 2.26 bits per heavy atom. The number of nitrogens with one attached hydrogen (secondary N) is 1. The van der Waals surface area contributed by atoms with Gasteiger partial charge in [0.2, 0.25) is 9.84 Å². The van der Waals surface area contributed by atoms with Gasteiger partial charge < -0.3 is 4.74 Å². The van der Waals surface area contributed by atoms with Crippen LogP contribution in [0.4, 0.5) is 10.8 Å². The van der Waals surface area contributed by atoms with Crippen molar-refractivity contribution in [1.29, 1.82) is 0 Å². The highest BCUT2D eigenvalue weighted by molar-refractivity contribution is 7.93. The van der Waals surface area contributed by atoms with E-state index in [0.29, 0.717) is 16.9 Å². The summed E-state index contributed by atoms with van der Waals surface area (Å²) in [5.74, 6) is -1.36. The molecule has 2 aromatic carbocycles. The first-order valence-corrected chi connectivity index (χ1v) is 12.2. The third-order valence-corrected chi connectivity index (χ3v) is 7.82. The van der Waals surface area contributed by atoms with Crippen molar-refractivity contribution in [3.8, 4) is 0 Å². The Kier molecular flexibility index (Phi) is 7.12. The molecule has 0 aliphatic heterocycles. The molecule has 1 aromatic heterocycles. The highest BCUT2D eigenvalue weighted by atomic mass is 32.2. The number of carbonyl (C=O) groups excluding carboxylic acids is 2. The van der Waals surface area contributed by atoms with E-state index in [1.54, 1.807) is 12.1 Å². The molecule has 0 saturated heterocycles. The maximum absolute atomic E-state index is 12.7. The normalized spacial score (nSPS) is 11.6. The monoisotopic (exact) mass is 503 g/mol. The fourth-order valence-electron chi connectivity index (χ4n) is 2.78. The molecule has 0 atom stereocenters. The third-order valence-electron chi connectivity index (χ3n) is 4.67. The van der Waals surface area contributed by atoms with Gasteiger partial charge in [-0.05, 0) is 35.2 Å². The fraction of sp³-hybridized carbons (Fsp3) is 0.227. The van der Waals surface area contributed by atoms with E-state index in [1.807, 2.05) is 32.9 Å². The molecule has 34 heavy (non-hydrogen) atoms. The van der Waals surface area contributed by atoms with Gasteiger partial charge in [0.15, 0.2) is 11.7 Å². The van der Waals surface area contributed by atoms with E-state index in [9.17, 15) is 28.1 Å². The predicted molar refractivity (Wildman–Crippen MR) is 125 cm³/mol. The van der Waals surface area contributed by atoms with Crippen molar-refractivity contribution < 1.29 is 27.7 Å². The van der Waals surface area contributed by atoms with Crippen molar-refractivity contribution in [2.24, 2.45) is 0 Å². The van der Waals surface area contributed by atoms with Gasteiger partial charge in [-0.2, -0.15) is 0 Å². The molecule has 0 unspecified atom stereocenters. The molecule has 3 rings (SSSR count). The molecule has 0 saturated carbocycles. The number of hydrogen-bond donors (Lipinski definition) is 1. The smallest absolute Gasteiger partial charge is 0.338 e. The van der Waals surface area contributed by atoms with Gasteiger partial charge in [-0.25, -0.2) is 18.2 Å². The number of sulfone groups is 1. The van der Waals surface area contributed by atoms with Gasteiger partial charge in [-0.1, -0.05) is 44.2 Å². The number of esters is 1. The number of non-ortho nitro benzene ring substituents is 1. The Morgan fingerprint density at radius 1 is 1.09 bits per heavy atom. The van der Waals surface area contributed by atoms with Crippen LogP contribution in [0.2, 0.25) is 0 Å². The van der Waals surface area contributed by atoms with E-state index >= 15 is 0 Å². The summed E-state index contributed by atoms with van der Waals surface area (Å²) >= 11 is 0.703. The number of rotatable bonds is 7. The number of ether oxygens (including phenoxy) is 1. The molecule has 0 radical (unpaired) electrons. The number of nitro groups is 1. The molecule has 1 heterocycles. The first-order valence-electron chi connectivity index (χ1n) is 9.91. The van der Waals surface area contributed by atoms with Crippen molar-refractivity contribution in [2.45, 2.75) is 35.3 Å². The van der Waals surface area contributed by atoms with Gasteiger partial charge in [-0.3, -0.25) is 20.2 Å². The van der Waals surface area contributed by atoms with Gasteiger partial charge in [-0.15, -0.1) is 0 Å². The molecule has 1 N–H and O–H groups in total. The zero-order valence-corrected chi connectivity index (χ0v) is 20.1. The second-order valence-corrected chi connectivity index (χ2v) is 11.4. The highest BCUT2D eigenvalue weighted by Crippen LogP contribution is 2.29. The number of thiazole rings is 1. The summed E-state index contributed by atoms with van der Waals surface area (Å²) in [4.78, 5) is 38.1. The molecule has 0 bridgehead atoms. The van der Waals surface area contributed by atoms with Crippen LogP contribution in [-0.2, 0) is 24.8 Å². The van der Waals surface area contributed by atoms with Gasteiger partial charge in [0.05, 0.1) is 21.6 Å². The standard InChI is InChI=1S/C22H21N3O7S2/c1-22(2,3)15-6-4-14(5-7-15)20(27)32-13-18(26)24-21-23-12-19(33-21)34(30,31)17-10-8-16(9-11-17)25(28)29/h4-12H,13H2,1-3H3,(H,23,24,26). The van der Waals surface area contributed by atoms with Gasteiger partial charge in [0, 0.05) is 12.1 Å². The average molecular weight is 504 g/mol. The zero-order chi connectivity index (χ0) is 25.1. The highest BCUT2D eigenvalue weighted by Gasteiger charge is 2.23. The van der Waals surface area contributed by atoms with Gasteiger partial charge in [0.1, 0.15) is 4.21 Å². The maximum Gasteiger partial charge on any atom is 0.338 e. The Labute approximate surface area is 199 Å². The maximum atomic E-state index is 12.7. The van der Waals surface area contributed by atoms with E-state index in [0.717, 1.165) is 36.0 Å². The van der Waals surface area contributed by atoms with E-state index in [2.05, 4.69) is 10.3 Å². The fourth-order valence-corrected chi connectivity index (χ4v) is 5.23. The number of aromatic nitrogens is 1. The topological polar surface area (TPSA) is 146 Å². The van der Waals surface area contributed by atoms with Gasteiger partial charge in [0.25, 0.3) is 11.6 Å². The van der Waals surface area contributed by atoms with Crippen molar-refractivity contribution in [3.05, 3.63) is 76.0 Å². The zero-order valence-electron chi connectivity index (χ0n) is 18.5. The first kappa shape index (κ1) is 25.0. The summed E-state index contributed by atoms with van der Waals surface area (Å²) in [6.07, 6.45) is 1.07. The van der Waals surface area contributed by atoms with E-state index in [1.165, 1.54) is 0 Å². The van der Waals surface area contributed by atoms with Crippen LogP contribution in [0.25, 0.3) is 0 Å². The van der Waals surface area contributed by atoms with Crippen molar-refractivity contribution in [2.75, 3.05) is 11.9 Å². The number of benzene rings is 2. The lowest BCUT2D eigenvalue weighted by Crippen LogP contribution is -2.21. The Bertz CT molecular complexity index is 1320. The number of carbonyl (C=O) groups is 2. The van der Waals surface area contributed by atoms with Crippen LogP contribution in [0.5, 0.6) is 0 Å². The van der Waals surface area contributed by atoms with Crippen molar-refractivity contribution in [1.82, 2.24) is 4.98 Å². The quantitative estimate of drug-likeness (QED) is 0.289. The second-order valence-electron chi connectivity index (χ2n) is 8.19. The lowest BCUT2D eigenvalue weighted by molar-refractivity contribution is -0.384. The molecular weight excluding hydrogens is 482 g/mol. The van der Waals surface area contributed by atoms with Crippen LogP contribution < -0.4 is 5.32 Å². The molecule has 3 aromatic rings. The minimum absolute atomic E-state index is 0.00364. The van der Waals surface area contributed by atoms with Crippen LogP contribution in [0.3, 0.4) is 0 Å². The molecule has 0 aliphatic rings. The number of nitro benzene ring substituents is 1. The molecule has 0 spiro atoms. The summed E-state index contributed by atoms with van der Waals surface area (Å²) in [5.41, 5.74) is 1.04. The number of anilines is 1. The largest absolute Gasteiger partial charge is 0.452 e. The Morgan fingerprint density at radius 2 is 1.71 bits per heavy atom. The Hall–Kier alpha value is -3.64. The van der Waals surface area contributed by atoms with Crippen LogP contribution >= 0.6 is 11.3 Å². The average Bonchev–Trinajstić information content (AvgIpc) is 3.26. The first-order chi connectivity index (χ1) is 15.9. The summed E-state index contributed by atoms with van der Waals surface area (Å²) in [6.45, 7) is 5.56. The summed E-state index contributed by atoms with van der Waals surface area (Å²) in [6, 6.07) is 11.3. The Balaban J connectivity index is 1.59. The van der Waals surface area contributed by atoms with E-state index < -0.39 is 33.2 Å². The van der Waals surface area contributed by atoms with Crippen LogP contribution in [0.1, 0.15) is 36.7 Å². The lowest BCUT2D eigenvalue weighted by atomic mass is 9.87. The number of nitrogens with zero attached hydrogens (tertiary/aromatic N) is 2. The second kappa shape index (κ2) is 9.69. The van der Waals surface area contributed by atoms with Gasteiger partial charge >= 0.3 is 5.97 Å². The van der Waals surface area contributed by atoms with E-state index in [4.69, 9.17) is 4.74 Å². The predicted octanol–water partition coefficient (Wildman–Crippen LogP) is 3.98. The van der Waals surface area contributed by atoms with Crippen LogP contribution in [-0.4, -0.2) is 36.8 Å². The molecule has 12 heteroatoms. The number of hydrogen-bond acceptors (Lipinski definition) is 9. The molecule has 0 fully saturated rings. The third kappa shape index (κ3) is 5.83. The lowest BCUT2D eigenvalue weighted by Gasteiger charge is -2.18. The SMILES string of the molecule is CC(C)(C)c1ccc(C(=O)OCC(=O)Nc2ncc(S(=O)(=O)c3ccc([N+](=O)[O-])cc3)s2)cc1. The van der Waals surface area contributed by atoms with Crippen molar-refractivity contribution in [3.63, 3.8) is 0 Å². The summed E-state index contributed by atoms with van der Waals surface area (Å²) in [5, 5.41) is 13.1.